The molecule has 0 saturated carbocycles. The molecule has 2 bridgehead atoms. The van der Waals surface area contributed by atoms with Crippen LogP contribution in [0.1, 0.15) is 19.3 Å². The molecule has 2 atom stereocenters. The molecule has 0 saturated heterocycles. The number of allylic oxidation sites excluding steroid dienone is 2. The van der Waals surface area contributed by atoms with Gasteiger partial charge in [-0.05, 0) is 18.8 Å². The molecule has 0 N–H and O–H groups in total. The van der Waals surface area contributed by atoms with Gasteiger partial charge >= 0.3 is 0 Å². The number of fused-ring (bicyclic) bond motifs is 2. The lowest BCUT2D eigenvalue weighted by molar-refractivity contribution is 0.564. The Kier molecular flexibility index (Phi) is 1.09. The van der Waals surface area contributed by atoms with Crippen molar-refractivity contribution in [3.05, 3.63) is 12.2 Å². The number of rotatable bonds is 0. The van der Waals surface area contributed by atoms with Gasteiger partial charge in [-0.3, -0.25) is 0 Å². The molecule has 0 amide bonds. The van der Waals surface area contributed by atoms with E-state index < -0.39 is 0 Å². The summed E-state index contributed by atoms with van der Waals surface area (Å²) in [6.45, 7) is 0. The van der Waals surface area contributed by atoms with Crippen LogP contribution >= 0.6 is 0 Å². The third-order valence-corrected chi connectivity index (χ3v) is 2.10. The molecule has 0 radical (unpaired) electrons. The van der Waals surface area contributed by atoms with E-state index in [0.29, 0.717) is 5.92 Å². The minimum atomic E-state index is 0.609. The van der Waals surface area contributed by atoms with Crippen molar-refractivity contribution >= 4 is 0 Å². The maximum absolute atomic E-state index is 3.24. The molecule has 0 aromatic rings. The Balaban J connectivity index is 2.23. The Hall–Kier alpha value is -0.700. The van der Waals surface area contributed by atoms with E-state index in [9.17, 15) is 0 Å². The average molecular weight is 118 g/mol. The van der Waals surface area contributed by atoms with Gasteiger partial charge in [-0.2, -0.15) is 0 Å². The second-order valence-electron chi connectivity index (χ2n) is 2.85. The van der Waals surface area contributed by atoms with Crippen molar-refractivity contribution in [2.75, 3.05) is 0 Å². The van der Waals surface area contributed by atoms with Gasteiger partial charge in [0.15, 0.2) is 0 Å². The van der Waals surface area contributed by atoms with Crippen molar-refractivity contribution in [3.63, 3.8) is 0 Å². The van der Waals surface area contributed by atoms with Crippen molar-refractivity contribution in [2.24, 2.45) is 11.8 Å². The lowest BCUT2D eigenvalue weighted by Gasteiger charge is -2.01. The summed E-state index contributed by atoms with van der Waals surface area (Å²) < 4.78 is 0. The van der Waals surface area contributed by atoms with Crippen LogP contribution in [0.3, 0.4) is 0 Å². The van der Waals surface area contributed by atoms with Crippen molar-refractivity contribution in [1.82, 2.24) is 0 Å². The van der Waals surface area contributed by atoms with Crippen LogP contribution < -0.4 is 0 Å². The van der Waals surface area contributed by atoms with Gasteiger partial charge in [0.25, 0.3) is 0 Å². The van der Waals surface area contributed by atoms with Gasteiger partial charge in [0.2, 0.25) is 0 Å². The molecule has 0 heterocycles. The highest BCUT2D eigenvalue weighted by Gasteiger charge is 2.17. The van der Waals surface area contributed by atoms with E-state index in [1.54, 1.807) is 0 Å². The van der Waals surface area contributed by atoms with E-state index in [-0.39, 0.29) is 0 Å². The molecule has 0 heteroatoms. The Morgan fingerprint density at radius 3 is 3.33 bits per heavy atom. The zero-order chi connectivity index (χ0) is 6.10. The van der Waals surface area contributed by atoms with Crippen LogP contribution in [0.5, 0.6) is 0 Å². The number of hydrogen-bond donors (Lipinski definition) is 0. The average Bonchev–Trinajstić information content (AvgIpc) is 2.09. The Bertz CT molecular complexity index is 190. The highest BCUT2D eigenvalue weighted by atomic mass is 14.2. The molecule has 0 aliphatic heterocycles. The Labute approximate surface area is 56.0 Å². The van der Waals surface area contributed by atoms with Crippen molar-refractivity contribution in [1.29, 1.82) is 0 Å². The standard InChI is InChI=1S/C9H10/c1-2-4-9-6-5-8(3-1)7-9/h5-6,8-9H,1,3,7H2/t8-,9?/m1/s1. The van der Waals surface area contributed by atoms with E-state index >= 15 is 0 Å². The van der Waals surface area contributed by atoms with E-state index in [1.165, 1.54) is 12.8 Å². The first kappa shape index (κ1) is 5.11. The SMILES string of the molecule is C1#CC2C=C[C@@H](CC1)C2. The van der Waals surface area contributed by atoms with Crippen LogP contribution in [0.25, 0.3) is 0 Å². The molecule has 2 aliphatic carbocycles. The quantitative estimate of drug-likeness (QED) is 0.337. The van der Waals surface area contributed by atoms with Crippen LogP contribution in [0, 0.1) is 23.7 Å². The van der Waals surface area contributed by atoms with Gasteiger partial charge in [-0.1, -0.05) is 18.1 Å². The van der Waals surface area contributed by atoms with E-state index in [0.717, 1.165) is 12.3 Å². The molecule has 0 aromatic carbocycles. The normalized spacial score (nSPS) is 37.3. The van der Waals surface area contributed by atoms with Crippen LogP contribution in [-0.2, 0) is 0 Å². The Morgan fingerprint density at radius 2 is 2.33 bits per heavy atom. The largest absolute Gasteiger partial charge is 0.103 e. The van der Waals surface area contributed by atoms with E-state index in [2.05, 4.69) is 24.0 Å². The molecule has 0 spiro atoms. The summed E-state index contributed by atoms with van der Waals surface area (Å²) in [6.07, 6.45) is 8.30. The Morgan fingerprint density at radius 1 is 1.33 bits per heavy atom. The monoisotopic (exact) mass is 118 g/mol. The third-order valence-electron chi connectivity index (χ3n) is 2.10. The first-order valence-electron chi connectivity index (χ1n) is 3.62. The molecule has 9 heavy (non-hydrogen) atoms. The second kappa shape index (κ2) is 1.92. The summed E-state index contributed by atoms with van der Waals surface area (Å²) in [6, 6.07) is 0. The minimum Gasteiger partial charge on any atom is -0.103 e. The van der Waals surface area contributed by atoms with Gasteiger partial charge in [-0.15, -0.1) is 5.92 Å². The fourth-order valence-electron chi connectivity index (χ4n) is 1.56. The topological polar surface area (TPSA) is 0 Å². The lowest BCUT2D eigenvalue weighted by atomic mass is 10.0. The third kappa shape index (κ3) is 0.876. The van der Waals surface area contributed by atoms with Gasteiger partial charge in [-0.25, -0.2) is 0 Å². The van der Waals surface area contributed by atoms with E-state index in [4.69, 9.17) is 0 Å². The first-order valence-corrected chi connectivity index (χ1v) is 3.62. The predicted octanol–water partition coefficient (Wildman–Crippen LogP) is 1.98. The maximum Gasteiger partial charge on any atom is 0.0388 e. The van der Waals surface area contributed by atoms with Crippen molar-refractivity contribution in [2.45, 2.75) is 19.3 Å². The zero-order valence-electron chi connectivity index (χ0n) is 5.43. The summed E-state index contributed by atoms with van der Waals surface area (Å²) in [5.74, 6) is 7.87. The maximum atomic E-state index is 3.24. The molecule has 2 rings (SSSR count). The predicted molar refractivity (Wildman–Crippen MR) is 37.7 cm³/mol. The molecular weight excluding hydrogens is 108 g/mol. The molecular formula is C9H10. The minimum absolute atomic E-state index is 0.609. The summed E-state index contributed by atoms with van der Waals surface area (Å²) in [4.78, 5) is 0. The van der Waals surface area contributed by atoms with Gasteiger partial charge in [0.05, 0.1) is 0 Å². The number of hydrogen-bond acceptors (Lipinski definition) is 0. The fraction of sp³-hybridized carbons (Fsp3) is 0.556. The highest BCUT2D eigenvalue weighted by molar-refractivity contribution is 5.19. The molecule has 0 fully saturated rings. The lowest BCUT2D eigenvalue weighted by Crippen LogP contribution is -1.92. The summed E-state index contributed by atoms with van der Waals surface area (Å²) in [5, 5.41) is 0. The first-order chi connectivity index (χ1) is 4.45. The second-order valence-corrected chi connectivity index (χ2v) is 2.85. The molecule has 0 aromatic heterocycles. The summed E-state index contributed by atoms with van der Waals surface area (Å²) >= 11 is 0. The highest BCUT2D eigenvalue weighted by Crippen LogP contribution is 2.28. The summed E-state index contributed by atoms with van der Waals surface area (Å²) in [5.41, 5.74) is 0. The zero-order valence-corrected chi connectivity index (χ0v) is 5.43. The molecule has 46 valence electrons. The fourth-order valence-corrected chi connectivity index (χ4v) is 1.56. The summed E-state index contributed by atoms with van der Waals surface area (Å²) in [7, 11) is 0. The molecule has 2 aliphatic rings. The van der Waals surface area contributed by atoms with Crippen LogP contribution in [0.2, 0.25) is 0 Å². The van der Waals surface area contributed by atoms with Crippen molar-refractivity contribution in [3.8, 4) is 11.8 Å². The van der Waals surface area contributed by atoms with Gasteiger partial charge in [0.1, 0.15) is 0 Å². The van der Waals surface area contributed by atoms with Crippen LogP contribution in [0.15, 0.2) is 12.2 Å². The van der Waals surface area contributed by atoms with Gasteiger partial charge in [0, 0.05) is 12.3 Å². The molecule has 0 nitrogen and oxygen atoms in total. The smallest absolute Gasteiger partial charge is 0.0388 e. The van der Waals surface area contributed by atoms with E-state index in [1.807, 2.05) is 0 Å². The van der Waals surface area contributed by atoms with Crippen LogP contribution in [-0.4, -0.2) is 0 Å². The van der Waals surface area contributed by atoms with Crippen LogP contribution in [0.4, 0.5) is 0 Å². The molecule has 1 unspecified atom stereocenters. The van der Waals surface area contributed by atoms with Gasteiger partial charge < -0.3 is 0 Å². The van der Waals surface area contributed by atoms with Crippen molar-refractivity contribution < 1.29 is 0 Å².